The molecule has 0 bridgehead atoms. The molecule has 0 amide bonds. The predicted molar refractivity (Wildman–Crippen MR) is 556 cm³/mol. The quantitative estimate of drug-likeness (QED) is 0.00824. The van der Waals surface area contributed by atoms with Crippen LogP contribution in [0.15, 0.2) is 137 Å². The van der Waals surface area contributed by atoms with Crippen LogP contribution in [0.1, 0.15) is 144 Å². The Labute approximate surface area is 810 Å². The Kier molecular flexibility index (Phi) is 70.2. The van der Waals surface area contributed by atoms with Crippen LogP contribution in [0, 0.1) is 151 Å². The number of nitrogens with two attached hydrogens (primary N) is 4. The first kappa shape index (κ1) is 126. The minimum atomic E-state index is -4.23. The Bertz CT molecular complexity index is 4390. The zero-order valence-corrected chi connectivity index (χ0v) is 89.7. The van der Waals surface area contributed by atoms with Crippen molar-refractivity contribution in [3.05, 3.63) is 233 Å². The fourth-order valence-electron chi connectivity index (χ4n) is 8.45. The first-order chi connectivity index (χ1) is 53.9. The van der Waals surface area contributed by atoms with E-state index in [1.165, 1.54) is 82.9 Å². The molecule has 8 rings (SSSR count). The van der Waals surface area contributed by atoms with E-state index in [0.29, 0.717) is 43.6 Å². The van der Waals surface area contributed by atoms with Gasteiger partial charge in [-0.25, -0.2) is 8.42 Å². The molecule has 0 radical (unpaired) electrons. The number of nitro groups is 4. The van der Waals surface area contributed by atoms with Crippen LogP contribution in [0.4, 0.5) is 71.8 Å². The van der Waals surface area contributed by atoms with Gasteiger partial charge in [-0.15, -0.1) is 12.6 Å². The second kappa shape index (κ2) is 65.7. The van der Waals surface area contributed by atoms with E-state index >= 15 is 0 Å². The van der Waals surface area contributed by atoms with Crippen molar-refractivity contribution >= 4 is 278 Å². The molecular formula is C79H109ClF6I6N8O10S8. The van der Waals surface area contributed by atoms with Crippen LogP contribution in [-0.4, -0.2) is 60.4 Å². The molecule has 8 aromatic rings. The third-order valence-electron chi connectivity index (χ3n) is 14.2. The van der Waals surface area contributed by atoms with Gasteiger partial charge in [-0.3, -0.25) is 40.5 Å². The largest absolute Gasteiger partial charge is 0.452 e. The number of hydrogen-bond acceptors (Lipinski definition) is 21. The zero-order chi connectivity index (χ0) is 92.7. The lowest BCUT2D eigenvalue weighted by molar-refractivity contribution is -0.385. The summed E-state index contributed by atoms with van der Waals surface area (Å²) in [6.07, 6.45) is -4.69. The van der Waals surface area contributed by atoms with Gasteiger partial charge in [-0.05, 0) is 257 Å². The molecule has 0 aliphatic rings. The number of benzene rings is 8. The van der Waals surface area contributed by atoms with Crippen LogP contribution in [-0.2, 0) is 9.05 Å². The van der Waals surface area contributed by atoms with Crippen molar-refractivity contribution in [3.63, 3.8) is 0 Å². The van der Waals surface area contributed by atoms with E-state index in [2.05, 4.69) is 207 Å². The van der Waals surface area contributed by atoms with E-state index < -0.39 is 41.9 Å². The molecule has 0 atom stereocenters. The summed E-state index contributed by atoms with van der Waals surface area (Å²) in [6.45, 7) is 41.3. The first-order valence-corrected chi connectivity index (χ1v) is 53.4. The Morgan fingerprint density at radius 3 is 0.890 bits per heavy atom. The fourth-order valence-corrected chi connectivity index (χ4v) is 16.5. The minimum absolute atomic E-state index is 0. The summed E-state index contributed by atoms with van der Waals surface area (Å²) in [7, 11) is 7.98. The molecule has 0 aliphatic carbocycles. The number of anilines is 4. The number of nitrogens with zero attached hydrogens (tertiary/aromatic N) is 4. The van der Waals surface area contributed by atoms with Crippen molar-refractivity contribution in [2.45, 2.75) is 214 Å². The molecule has 8 N–H and O–H groups in total. The van der Waals surface area contributed by atoms with E-state index in [1.54, 1.807) is 97.8 Å². The zero-order valence-electron chi connectivity index (χ0n) is 69.4. The molecule has 0 saturated carbocycles. The maximum absolute atomic E-state index is 12.0. The molecule has 0 fully saturated rings. The van der Waals surface area contributed by atoms with Crippen LogP contribution >= 0.6 is 224 Å². The third kappa shape index (κ3) is 53.5. The van der Waals surface area contributed by atoms with E-state index in [1.807, 2.05) is 91.2 Å². The van der Waals surface area contributed by atoms with Gasteiger partial charge >= 0.3 is 11.7 Å². The Morgan fingerprint density at radius 2 is 0.644 bits per heavy atom. The molecule has 664 valence electrons. The van der Waals surface area contributed by atoms with E-state index in [9.17, 15) is 75.2 Å². The predicted octanol–water partition coefficient (Wildman–Crippen LogP) is 31.9. The van der Waals surface area contributed by atoms with Gasteiger partial charge in [-0.2, -0.15) is 26.3 Å². The summed E-state index contributed by atoms with van der Waals surface area (Å²) in [4.78, 5) is 50.5. The van der Waals surface area contributed by atoms with E-state index in [0.717, 1.165) is 96.7 Å². The van der Waals surface area contributed by atoms with Crippen molar-refractivity contribution < 1.29 is 54.5 Å². The van der Waals surface area contributed by atoms with Gasteiger partial charge in [0, 0.05) is 127 Å². The normalized spacial score (nSPS) is 10.1. The highest BCUT2D eigenvalue weighted by Crippen LogP contribution is 2.47. The van der Waals surface area contributed by atoms with Gasteiger partial charge in [0.05, 0.1) is 26.5 Å². The van der Waals surface area contributed by atoms with Gasteiger partial charge in [0.25, 0.3) is 31.8 Å². The maximum atomic E-state index is 12.0. The maximum Gasteiger partial charge on any atom is 0.452 e. The molecule has 0 aromatic heterocycles. The highest BCUT2D eigenvalue weighted by molar-refractivity contribution is 14.2. The van der Waals surface area contributed by atoms with Gasteiger partial charge in [0.15, 0.2) is 0 Å². The molecule has 0 aliphatic heterocycles. The van der Waals surface area contributed by atoms with Crippen molar-refractivity contribution in [1.29, 1.82) is 0 Å². The number of rotatable bonds is 13. The molecule has 0 unspecified atom stereocenters. The van der Waals surface area contributed by atoms with Crippen LogP contribution in [0.5, 0.6) is 0 Å². The summed E-state index contributed by atoms with van der Waals surface area (Å²) in [5, 5.41) is 43.1. The molecule has 0 heterocycles. The summed E-state index contributed by atoms with van der Waals surface area (Å²) >= 11 is 17.8. The monoisotopic (exact) mass is 2500 g/mol. The molecule has 0 saturated heterocycles. The molecule has 118 heavy (non-hydrogen) atoms. The lowest BCUT2D eigenvalue weighted by Crippen LogP contribution is -2.02. The standard InChI is InChI=1S/C16H16N2O4S2.C16H20N2S2.C9H10F3NS2.C8H8ClNO4S.C8H9NO2.C8H11NS.C3H5F3.C2H4I2.2C2H5I.C2H6.2CH3I.CH4/c1-9-5-11(3)15(7-13(9)17(19)20)23-24-16-8-14(18(21)22)10(2)6-12(16)4;1-9-5-11(3)15(7-13(9)17)19-20-16-8-14(18)10(2)6-12(16)4;1-5-3-6(2)8(4-7(5)13)14-15-9(10,11)12;1-5-3-6(2)8(15(9,13)14)4-7(5)10(11)12;1-6-3-4-8(9(10)11)7(2)5-6;1-5-3-6(2)8(10)4-7(5)9;1-2-3(4,5)6;1-2(3)4;2*1-2-3;3*1-2;/h5-8H,1-4H3;5-8H,17-18H2,1-4H3;3-4H,13H2,1-2H3;3-4H,1-2H3;3-5H,1-2H3;3-4,10H,9H2,1-2H3;2H2,1H3;2H,1H3;2*2H2,1H3;1-2H3;2*1H3;1H4. The SMILES string of the molecule is C.CC.CC(I)I.CCC(F)(F)F.CCI.CCI.CI.CI.Cc1cc(C)c(S(=O)(=O)Cl)cc1[N+](=O)[O-].Cc1cc(C)c(S)cc1N.Cc1cc(C)c(SSC(F)(F)F)cc1N.Cc1cc(C)c(SSc2cc(N)c(C)cc2C)cc1N.Cc1cc(C)c([N+](=O)[O-])cc1SSc1cc([N+](=O)[O-])c(C)cc1C.Cc1ccc([N+](=O)[O-])c(C)c1. The second-order valence-electron chi connectivity index (χ2n) is 23.9. The van der Waals surface area contributed by atoms with Crippen molar-refractivity contribution in [3.8, 4) is 0 Å². The number of aryl methyl sites for hydroxylation is 16. The van der Waals surface area contributed by atoms with Gasteiger partial charge in [0.1, 0.15) is 0 Å². The van der Waals surface area contributed by atoms with Crippen LogP contribution in [0.2, 0.25) is 0 Å². The number of thiol groups is 1. The lowest BCUT2D eigenvalue weighted by atomic mass is 10.1. The van der Waals surface area contributed by atoms with Crippen molar-refractivity contribution in [1.82, 2.24) is 0 Å². The number of alkyl halides is 12. The van der Waals surface area contributed by atoms with E-state index in [-0.39, 0.29) is 50.8 Å². The topological polar surface area (TPSA) is 311 Å². The minimum Gasteiger partial charge on any atom is -0.398 e. The first-order valence-electron chi connectivity index (χ1n) is 34.4. The average Bonchev–Trinajstić information content (AvgIpc) is 0.807. The van der Waals surface area contributed by atoms with Crippen LogP contribution < -0.4 is 22.9 Å². The van der Waals surface area contributed by atoms with Gasteiger partial charge in [-0.1, -0.05) is 257 Å². The summed E-state index contributed by atoms with van der Waals surface area (Å²) < 4.78 is 93.6. The van der Waals surface area contributed by atoms with Gasteiger partial charge in [0.2, 0.25) is 0 Å². The lowest BCUT2D eigenvalue weighted by Gasteiger charge is -2.11. The summed E-state index contributed by atoms with van der Waals surface area (Å²) in [6, 6.07) is 29.8. The van der Waals surface area contributed by atoms with Crippen LogP contribution in [0.25, 0.3) is 0 Å². The third-order valence-corrected chi connectivity index (χ3v) is 23.7. The molecule has 0 spiro atoms. The van der Waals surface area contributed by atoms with Crippen molar-refractivity contribution in [2.24, 2.45) is 0 Å². The highest BCUT2D eigenvalue weighted by atomic mass is 127. The highest BCUT2D eigenvalue weighted by Gasteiger charge is 2.30. The van der Waals surface area contributed by atoms with Gasteiger partial charge < -0.3 is 22.9 Å². The fraction of sp³-hybridized carbons (Fsp3) is 0.392. The van der Waals surface area contributed by atoms with E-state index in [4.69, 9.17) is 33.6 Å². The molecule has 39 heteroatoms. The number of nitro benzene ring substituents is 4. The second-order valence-corrected chi connectivity index (χ2v) is 42.7. The number of nitrogen functional groups attached to an aromatic ring is 4. The molecule has 8 aromatic carbocycles. The average molecular weight is 2500 g/mol. The molecular weight excluding hydrogens is 2390 g/mol. The molecule has 18 nitrogen and oxygen atoms in total. The number of halogens is 13. The summed E-state index contributed by atoms with van der Waals surface area (Å²) in [5.74, 6) is 0. The Balaban J connectivity index is -0.000000308. The van der Waals surface area contributed by atoms with Crippen molar-refractivity contribution in [2.75, 3.05) is 41.7 Å². The number of hydrogen-bond donors (Lipinski definition) is 5. The Morgan fingerprint density at radius 1 is 0.415 bits per heavy atom. The smallest absolute Gasteiger partial charge is 0.398 e. The Hall–Kier alpha value is -2.79. The van der Waals surface area contributed by atoms with Crippen LogP contribution in [0.3, 0.4) is 0 Å². The summed E-state index contributed by atoms with van der Waals surface area (Å²) in [5.41, 5.74) is 36.6.